The van der Waals surface area contributed by atoms with Crippen LogP contribution in [-0.2, 0) is 0 Å². The molecule has 0 amide bonds. The van der Waals surface area contributed by atoms with Crippen molar-refractivity contribution in [2.24, 2.45) is 5.92 Å². The minimum Gasteiger partial charge on any atom is -0.491 e. The maximum absolute atomic E-state index is 13.3. The van der Waals surface area contributed by atoms with Gasteiger partial charge in [-0.2, -0.15) is 0 Å². The SMILES string of the molecule is CCCC(C)COc1cc(F)c(I)cc1N. The lowest BCUT2D eigenvalue weighted by atomic mass is 10.1. The highest BCUT2D eigenvalue weighted by Gasteiger charge is 2.08. The molecule has 1 aromatic rings. The van der Waals surface area contributed by atoms with E-state index in [9.17, 15) is 4.39 Å². The van der Waals surface area contributed by atoms with Gasteiger partial charge >= 0.3 is 0 Å². The van der Waals surface area contributed by atoms with Gasteiger partial charge in [0.25, 0.3) is 0 Å². The van der Waals surface area contributed by atoms with E-state index in [1.807, 2.05) is 22.6 Å². The van der Waals surface area contributed by atoms with Crippen LogP contribution in [0, 0.1) is 15.3 Å². The van der Waals surface area contributed by atoms with Crippen LogP contribution >= 0.6 is 22.6 Å². The molecule has 90 valence electrons. The summed E-state index contributed by atoms with van der Waals surface area (Å²) in [4.78, 5) is 0. The molecule has 1 atom stereocenters. The predicted octanol–water partition coefficient (Wildman–Crippen LogP) is 3.83. The quantitative estimate of drug-likeness (QED) is 0.655. The summed E-state index contributed by atoms with van der Waals surface area (Å²) in [5, 5.41) is 0. The molecule has 1 rings (SSSR count). The van der Waals surface area contributed by atoms with Crippen molar-refractivity contribution in [3.8, 4) is 5.75 Å². The second kappa shape index (κ2) is 6.27. The van der Waals surface area contributed by atoms with Gasteiger partial charge in [-0.1, -0.05) is 20.3 Å². The summed E-state index contributed by atoms with van der Waals surface area (Å²) < 4.78 is 19.3. The molecule has 0 aliphatic carbocycles. The molecule has 0 saturated heterocycles. The van der Waals surface area contributed by atoms with Crippen molar-refractivity contribution in [1.82, 2.24) is 0 Å². The lowest BCUT2D eigenvalue weighted by Crippen LogP contribution is -2.09. The highest BCUT2D eigenvalue weighted by molar-refractivity contribution is 14.1. The number of halogens is 2. The molecule has 0 saturated carbocycles. The molecule has 0 aliphatic rings. The normalized spacial score (nSPS) is 12.5. The zero-order valence-electron chi connectivity index (χ0n) is 9.59. The van der Waals surface area contributed by atoms with Crippen LogP contribution < -0.4 is 10.5 Å². The summed E-state index contributed by atoms with van der Waals surface area (Å²) in [7, 11) is 0. The van der Waals surface area contributed by atoms with Crippen LogP contribution in [0.1, 0.15) is 26.7 Å². The zero-order valence-corrected chi connectivity index (χ0v) is 11.8. The number of benzene rings is 1. The van der Waals surface area contributed by atoms with E-state index in [2.05, 4.69) is 13.8 Å². The molecule has 0 aromatic heterocycles. The zero-order chi connectivity index (χ0) is 12.1. The van der Waals surface area contributed by atoms with Gasteiger partial charge in [-0.25, -0.2) is 4.39 Å². The van der Waals surface area contributed by atoms with Gasteiger partial charge in [0.1, 0.15) is 11.6 Å². The molecule has 0 radical (unpaired) electrons. The number of rotatable bonds is 5. The Bertz CT molecular complexity index is 357. The molecule has 0 fully saturated rings. The Morgan fingerprint density at radius 3 is 2.81 bits per heavy atom. The fourth-order valence-corrected chi connectivity index (χ4v) is 1.97. The molecule has 0 bridgehead atoms. The van der Waals surface area contributed by atoms with Crippen LogP contribution in [0.25, 0.3) is 0 Å². The number of nitrogens with two attached hydrogens (primary N) is 1. The first-order valence-electron chi connectivity index (χ1n) is 5.42. The molecular weight excluding hydrogens is 320 g/mol. The largest absolute Gasteiger partial charge is 0.491 e. The van der Waals surface area contributed by atoms with Gasteiger partial charge in [-0.05, 0) is 41.0 Å². The molecule has 4 heteroatoms. The predicted molar refractivity (Wildman–Crippen MR) is 73.1 cm³/mol. The summed E-state index contributed by atoms with van der Waals surface area (Å²) in [5.74, 6) is 0.626. The average molecular weight is 337 g/mol. The van der Waals surface area contributed by atoms with Crippen molar-refractivity contribution in [2.45, 2.75) is 26.7 Å². The second-order valence-corrected chi connectivity index (χ2v) is 5.17. The van der Waals surface area contributed by atoms with E-state index in [4.69, 9.17) is 10.5 Å². The number of hydrogen-bond donors (Lipinski definition) is 1. The minimum absolute atomic E-state index is 0.284. The van der Waals surface area contributed by atoms with Gasteiger partial charge in [-0.15, -0.1) is 0 Å². The summed E-state index contributed by atoms with van der Waals surface area (Å²) in [5.41, 5.74) is 6.25. The van der Waals surface area contributed by atoms with Crippen molar-refractivity contribution in [3.63, 3.8) is 0 Å². The molecule has 0 aliphatic heterocycles. The van der Waals surface area contributed by atoms with Crippen molar-refractivity contribution >= 4 is 28.3 Å². The molecule has 0 spiro atoms. The van der Waals surface area contributed by atoms with E-state index < -0.39 is 0 Å². The number of hydrogen-bond acceptors (Lipinski definition) is 2. The van der Waals surface area contributed by atoms with Gasteiger partial charge in [0, 0.05) is 6.07 Å². The first kappa shape index (κ1) is 13.5. The van der Waals surface area contributed by atoms with Gasteiger partial charge in [-0.3, -0.25) is 0 Å². The van der Waals surface area contributed by atoms with Crippen molar-refractivity contribution in [2.75, 3.05) is 12.3 Å². The Kier molecular flexibility index (Phi) is 5.31. The Morgan fingerprint density at radius 2 is 2.19 bits per heavy atom. The molecule has 2 N–H and O–H groups in total. The number of anilines is 1. The molecular formula is C12H17FINO. The fourth-order valence-electron chi connectivity index (χ4n) is 1.48. The van der Waals surface area contributed by atoms with Gasteiger partial charge < -0.3 is 10.5 Å². The molecule has 1 aromatic carbocycles. The van der Waals surface area contributed by atoms with Crippen molar-refractivity contribution < 1.29 is 9.13 Å². The monoisotopic (exact) mass is 337 g/mol. The fraction of sp³-hybridized carbons (Fsp3) is 0.500. The molecule has 2 nitrogen and oxygen atoms in total. The Hall–Kier alpha value is -0.520. The van der Waals surface area contributed by atoms with Crippen LogP contribution in [-0.4, -0.2) is 6.61 Å². The third-order valence-corrected chi connectivity index (χ3v) is 3.18. The summed E-state index contributed by atoms with van der Waals surface area (Å²) >= 11 is 1.91. The molecule has 1 unspecified atom stereocenters. The topological polar surface area (TPSA) is 35.2 Å². The van der Waals surface area contributed by atoms with Crippen LogP contribution in [0.2, 0.25) is 0 Å². The molecule has 0 heterocycles. The van der Waals surface area contributed by atoms with Crippen LogP contribution in [0.3, 0.4) is 0 Å². The smallest absolute Gasteiger partial charge is 0.145 e. The molecule has 16 heavy (non-hydrogen) atoms. The highest BCUT2D eigenvalue weighted by atomic mass is 127. The highest BCUT2D eigenvalue weighted by Crippen LogP contribution is 2.26. The Balaban J connectivity index is 2.63. The summed E-state index contributed by atoms with van der Waals surface area (Å²) in [6.07, 6.45) is 2.23. The maximum Gasteiger partial charge on any atom is 0.145 e. The van der Waals surface area contributed by atoms with Crippen LogP contribution in [0.5, 0.6) is 5.75 Å². The third-order valence-electron chi connectivity index (χ3n) is 2.36. The standard InChI is InChI=1S/C12H17FINO/c1-3-4-8(2)7-16-12-5-9(13)10(14)6-11(12)15/h5-6,8H,3-4,7,15H2,1-2H3. The summed E-state index contributed by atoms with van der Waals surface area (Å²) in [6, 6.07) is 2.95. The Morgan fingerprint density at radius 1 is 1.50 bits per heavy atom. The van der Waals surface area contributed by atoms with E-state index in [-0.39, 0.29) is 5.82 Å². The van der Waals surface area contributed by atoms with Crippen LogP contribution in [0.15, 0.2) is 12.1 Å². The van der Waals surface area contributed by atoms with E-state index in [1.54, 1.807) is 6.07 Å². The summed E-state index contributed by atoms with van der Waals surface area (Å²) in [6.45, 7) is 4.83. The van der Waals surface area contributed by atoms with Gasteiger partial charge in [0.2, 0.25) is 0 Å². The first-order chi connectivity index (χ1) is 7.54. The van der Waals surface area contributed by atoms with Gasteiger partial charge in [0.05, 0.1) is 15.9 Å². The van der Waals surface area contributed by atoms with Crippen molar-refractivity contribution in [3.05, 3.63) is 21.5 Å². The van der Waals surface area contributed by atoms with E-state index >= 15 is 0 Å². The average Bonchev–Trinajstić information content (AvgIpc) is 2.22. The van der Waals surface area contributed by atoms with E-state index in [0.29, 0.717) is 27.5 Å². The third kappa shape index (κ3) is 3.81. The number of nitrogen functional groups attached to an aromatic ring is 1. The maximum atomic E-state index is 13.3. The first-order valence-corrected chi connectivity index (χ1v) is 6.49. The Labute approximate surface area is 110 Å². The lowest BCUT2D eigenvalue weighted by molar-refractivity contribution is 0.252. The van der Waals surface area contributed by atoms with Crippen LogP contribution in [0.4, 0.5) is 10.1 Å². The van der Waals surface area contributed by atoms with Gasteiger partial charge in [0.15, 0.2) is 0 Å². The number of ether oxygens (including phenoxy) is 1. The van der Waals surface area contributed by atoms with E-state index in [0.717, 1.165) is 12.8 Å². The minimum atomic E-state index is -0.284. The van der Waals surface area contributed by atoms with Crippen molar-refractivity contribution in [1.29, 1.82) is 0 Å². The van der Waals surface area contributed by atoms with E-state index in [1.165, 1.54) is 6.07 Å². The second-order valence-electron chi connectivity index (χ2n) is 4.01. The lowest BCUT2D eigenvalue weighted by Gasteiger charge is -2.14.